The minimum Gasteiger partial charge on any atom is -0.327 e. The highest BCUT2D eigenvalue weighted by Gasteiger charge is 2.27. The molecule has 0 spiro atoms. The van der Waals surface area contributed by atoms with Crippen LogP contribution in [0.3, 0.4) is 0 Å². The Bertz CT molecular complexity index is 407. The van der Waals surface area contributed by atoms with Gasteiger partial charge >= 0.3 is 0 Å². The van der Waals surface area contributed by atoms with Gasteiger partial charge in [0.2, 0.25) is 0 Å². The van der Waals surface area contributed by atoms with Gasteiger partial charge < -0.3 is 5.73 Å². The summed E-state index contributed by atoms with van der Waals surface area (Å²) in [5.41, 5.74) is 7.20. The van der Waals surface area contributed by atoms with Crippen molar-refractivity contribution in [1.29, 1.82) is 0 Å². The first kappa shape index (κ1) is 13.8. The Morgan fingerprint density at radius 2 is 2.17 bits per heavy atom. The number of halogens is 2. The van der Waals surface area contributed by atoms with Crippen molar-refractivity contribution < 1.29 is 4.39 Å². The molecular weight excluding hydrogens is 249 g/mol. The second-order valence-electron chi connectivity index (χ2n) is 5.46. The van der Waals surface area contributed by atoms with E-state index in [0.717, 1.165) is 24.3 Å². The highest BCUT2D eigenvalue weighted by molar-refractivity contribution is 6.30. The summed E-state index contributed by atoms with van der Waals surface area (Å²) in [4.78, 5) is 0. The van der Waals surface area contributed by atoms with Gasteiger partial charge in [0.25, 0.3) is 0 Å². The molecule has 0 heterocycles. The average Bonchev–Trinajstić information content (AvgIpc) is 2.36. The molecule has 1 aromatic carbocycles. The SMILES string of the molecule is CCC1CCC(N)C(Cc2ccc(Cl)c(F)c2)C1. The first-order valence-electron chi connectivity index (χ1n) is 6.79. The quantitative estimate of drug-likeness (QED) is 0.875. The van der Waals surface area contributed by atoms with Crippen molar-refractivity contribution in [3.05, 3.63) is 34.6 Å². The second kappa shape index (κ2) is 6.03. The Morgan fingerprint density at radius 1 is 1.39 bits per heavy atom. The molecule has 0 bridgehead atoms. The molecule has 1 aromatic rings. The standard InChI is InChI=1S/C15H21ClFN/c1-2-10-4-6-15(18)12(7-10)8-11-3-5-13(16)14(17)9-11/h3,5,9-10,12,15H,2,4,6-8,18H2,1H3. The molecule has 0 radical (unpaired) electrons. The molecule has 2 N–H and O–H groups in total. The smallest absolute Gasteiger partial charge is 0.142 e. The van der Waals surface area contributed by atoms with Crippen LogP contribution in [0.2, 0.25) is 5.02 Å². The molecule has 18 heavy (non-hydrogen) atoms. The van der Waals surface area contributed by atoms with Crippen LogP contribution in [0.4, 0.5) is 4.39 Å². The van der Waals surface area contributed by atoms with Crippen LogP contribution in [0, 0.1) is 17.7 Å². The van der Waals surface area contributed by atoms with E-state index in [1.807, 2.05) is 6.07 Å². The van der Waals surface area contributed by atoms with E-state index >= 15 is 0 Å². The number of benzene rings is 1. The Morgan fingerprint density at radius 3 is 2.83 bits per heavy atom. The third-order valence-electron chi connectivity index (χ3n) is 4.21. The molecule has 3 heteroatoms. The number of rotatable bonds is 3. The minimum atomic E-state index is -0.328. The molecule has 1 saturated carbocycles. The van der Waals surface area contributed by atoms with E-state index < -0.39 is 0 Å². The summed E-state index contributed by atoms with van der Waals surface area (Å²) in [6.45, 7) is 2.24. The highest BCUT2D eigenvalue weighted by Crippen LogP contribution is 2.32. The number of hydrogen-bond donors (Lipinski definition) is 1. The third-order valence-corrected chi connectivity index (χ3v) is 4.52. The Hall–Kier alpha value is -0.600. The maximum Gasteiger partial charge on any atom is 0.142 e. The van der Waals surface area contributed by atoms with Gasteiger partial charge in [-0.05, 0) is 55.2 Å². The largest absolute Gasteiger partial charge is 0.327 e. The van der Waals surface area contributed by atoms with Gasteiger partial charge in [-0.25, -0.2) is 4.39 Å². The lowest BCUT2D eigenvalue weighted by Gasteiger charge is -2.34. The van der Waals surface area contributed by atoms with Crippen LogP contribution in [0.25, 0.3) is 0 Å². The summed E-state index contributed by atoms with van der Waals surface area (Å²) in [6.07, 6.45) is 5.59. The topological polar surface area (TPSA) is 26.0 Å². The van der Waals surface area contributed by atoms with E-state index in [2.05, 4.69) is 6.92 Å². The molecule has 1 aliphatic rings. The molecule has 1 fully saturated rings. The van der Waals surface area contributed by atoms with E-state index in [1.54, 1.807) is 12.1 Å². The highest BCUT2D eigenvalue weighted by atomic mass is 35.5. The van der Waals surface area contributed by atoms with Gasteiger partial charge in [0, 0.05) is 6.04 Å². The molecule has 3 atom stereocenters. The minimum absolute atomic E-state index is 0.193. The summed E-state index contributed by atoms with van der Waals surface area (Å²) in [5.74, 6) is 0.932. The lowest BCUT2D eigenvalue weighted by molar-refractivity contribution is 0.227. The molecular formula is C15H21ClFN. The van der Waals surface area contributed by atoms with Gasteiger partial charge in [0.15, 0.2) is 0 Å². The normalized spacial score (nSPS) is 28.3. The predicted molar refractivity (Wildman–Crippen MR) is 74.2 cm³/mol. The maximum atomic E-state index is 13.4. The summed E-state index contributed by atoms with van der Waals surface area (Å²) in [6, 6.07) is 5.35. The monoisotopic (exact) mass is 269 g/mol. The van der Waals surface area contributed by atoms with Gasteiger partial charge in [-0.3, -0.25) is 0 Å². The Labute approximate surface area is 114 Å². The van der Waals surface area contributed by atoms with Crippen LogP contribution < -0.4 is 5.73 Å². The lowest BCUT2D eigenvalue weighted by atomic mass is 9.75. The molecule has 0 aromatic heterocycles. The maximum absolute atomic E-state index is 13.4. The molecule has 100 valence electrons. The van der Waals surface area contributed by atoms with Crippen molar-refractivity contribution in [1.82, 2.24) is 0 Å². The molecule has 2 rings (SSSR count). The molecule has 1 aliphatic carbocycles. The first-order valence-corrected chi connectivity index (χ1v) is 7.17. The predicted octanol–water partition coefficient (Wildman–Crippen LogP) is 4.18. The van der Waals surface area contributed by atoms with Gasteiger partial charge in [0.1, 0.15) is 5.82 Å². The van der Waals surface area contributed by atoms with E-state index in [1.165, 1.54) is 19.3 Å². The van der Waals surface area contributed by atoms with Crippen molar-refractivity contribution in [2.45, 2.75) is 45.1 Å². The molecule has 3 unspecified atom stereocenters. The van der Waals surface area contributed by atoms with Crippen molar-refractivity contribution in [3.8, 4) is 0 Å². The van der Waals surface area contributed by atoms with Crippen molar-refractivity contribution in [2.24, 2.45) is 17.6 Å². The van der Waals surface area contributed by atoms with Crippen molar-refractivity contribution >= 4 is 11.6 Å². The zero-order chi connectivity index (χ0) is 13.1. The fourth-order valence-electron chi connectivity index (χ4n) is 2.96. The Balaban J connectivity index is 2.04. The second-order valence-corrected chi connectivity index (χ2v) is 5.87. The molecule has 0 amide bonds. The summed E-state index contributed by atoms with van der Waals surface area (Å²) in [5, 5.41) is 0.193. The lowest BCUT2D eigenvalue weighted by Crippen LogP contribution is -2.37. The van der Waals surface area contributed by atoms with Crippen molar-refractivity contribution in [3.63, 3.8) is 0 Å². The number of nitrogens with two attached hydrogens (primary N) is 1. The van der Waals surface area contributed by atoms with Gasteiger partial charge in [-0.15, -0.1) is 0 Å². The molecule has 0 aliphatic heterocycles. The third kappa shape index (κ3) is 3.24. The number of hydrogen-bond acceptors (Lipinski definition) is 1. The molecule has 0 saturated heterocycles. The zero-order valence-electron chi connectivity index (χ0n) is 10.8. The van der Waals surface area contributed by atoms with E-state index in [-0.39, 0.29) is 16.9 Å². The first-order chi connectivity index (χ1) is 8.60. The van der Waals surface area contributed by atoms with Gasteiger partial charge in [-0.1, -0.05) is 31.0 Å². The van der Waals surface area contributed by atoms with Crippen LogP contribution >= 0.6 is 11.6 Å². The molecule has 1 nitrogen and oxygen atoms in total. The van der Waals surface area contributed by atoms with E-state index in [4.69, 9.17) is 17.3 Å². The van der Waals surface area contributed by atoms with Crippen LogP contribution in [-0.2, 0) is 6.42 Å². The van der Waals surface area contributed by atoms with Gasteiger partial charge in [0.05, 0.1) is 5.02 Å². The van der Waals surface area contributed by atoms with Gasteiger partial charge in [-0.2, -0.15) is 0 Å². The van der Waals surface area contributed by atoms with Crippen LogP contribution in [0.15, 0.2) is 18.2 Å². The Kier molecular flexibility index (Phi) is 4.63. The summed E-state index contributed by atoms with van der Waals surface area (Å²) < 4.78 is 13.4. The fourth-order valence-corrected chi connectivity index (χ4v) is 3.08. The summed E-state index contributed by atoms with van der Waals surface area (Å²) in [7, 11) is 0. The fraction of sp³-hybridized carbons (Fsp3) is 0.600. The van der Waals surface area contributed by atoms with E-state index in [0.29, 0.717) is 5.92 Å². The van der Waals surface area contributed by atoms with Crippen molar-refractivity contribution in [2.75, 3.05) is 0 Å². The van der Waals surface area contributed by atoms with Crippen LogP contribution in [-0.4, -0.2) is 6.04 Å². The van der Waals surface area contributed by atoms with E-state index in [9.17, 15) is 4.39 Å². The average molecular weight is 270 g/mol. The van der Waals surface area contributed by atoms with Crippen LogP contribution in [0.5, 0.6) is 0 Å². The summed E-state index contributed by atoms with van der Waals surface area (Å²) >= 11 is 5.70. The van der Waals surface area contributed by atoms with Crippen LogP contribution in [0.1, 0.15) is 38.2 Å². The zero-order valence-corrected chi connectivity index (χ0v) is 11.6.